The molecule has 0 N–H and O–H groups in total. The van der Waals surface area contributed by atoms with Crippen LogP contribution in [0.15, 0.2) is 12.1 Å². The molecule has 1 unspecified atom stereocenters. The minimum atomic E-state index is -3.45. The molecule has 0 saturated heterocycles. The summed E-state index contributed by atoms with van der Waals surface area (Å²) in [5.41, 5.74) is -2.91. The second-order valence-corrected chi connectivity index (χ2v) is 7.01. The van der Waals surface area contributed by atoms with Gasteiger partial charge in [-0.05, 0) is 44.2 Å². The highest BCUT2D eigenvalue weighted by molar-refractivity contribution is 5.40. The molecule has 0 aromatic heterocycles. The molecule has 1 aromatic carbocycles. The Hall–Kier alpha value is -1.57. The molecule has 0 spiro atoms. The average molecular weight is 328 g/mol. The van der Waals surface area contributed by atoms with Gasteiger partial charge in [0.05, 0.1) is 11.0 Å². The van der Waals surface area contributed by atoms with E-state index in [1.165, 1.54) is 26.0 Å². The van der Waals surface area contributed by atoms with Crippen molar-refractivity contribution >= 4 is 0 Å². The molecule has 4 rings (SSSR count). The highest BCUT2D eigenvalue weighted by atomic mass is 19.3. The van der Waals surface area contributed by atoms with Crippen molar-refractivity contribution in [1.29, 1.82) is 0 Å². The van der Waals surface area contributed by atoms with E-state index >= 15 is 0 Å². The summed E-state index contributed by atoms with van der Waals surface area (Å²) in [5.74, 6) is -0.638. The molecule has 0 nitrogen and oxygen atoms in total. The molecule has 3 aliphatic rings. The van der Waals surface area contributed by atoms with Crippen molar-refractivity contribution < 1.29 is 22.0 Å². The van der Waals surface area contributed by atoms with E-state index in [0.717, 1.165) is 0 Å². The molecular weight excluding hydrogens is 311 g/mol. The van der Waals surface area contributed by atoms with Crippen molar-refractivity contribution in [2.24, 2.45) is 10.8 Å². The highest BCUT2D eigenvalue weighted by Gasteiger charge is 2.69. The maximum atomic E-state index is 14.5. The second-order valence-electron chi connectivity index (χ2n) is 7.01. The van der Waals surface area contributed by atoms with Crippen LogP contribution in [0.2, 0.25) is 0 Å². The number of hydrogen-bond acceptors (Lipinski definition) is 0. The van der Waals surface area contributed by atoms with Crippen molar-refractivity contribution in [3.8, 4) is 11.8 Å². The third kappa shape index (κ3) is 2.18. The lowest BCUT2D eigenvalue weighted by Gasteiger charge is -2.56. The molecule has 0 amide bonds. The number of benzene rings is 1. The molecule has 3 fully saturated rings. The largest absolute Gasteiger partial charge is 0.285 e. The third-order valence-electron chi connectivity index (χ3n) is 5.58. The standard InChI is InChI=1S/C18H17F5/c1-11-3-4-12(14(20)13(11)19)5-6-17-9-7-16(2,8-10-17)18(22,23)15(17)21/h3-4,15H,7-10H2,1-2H3. The fourth-order valence-electron chi connectivity index (χ4n) is 3.61. The van der Waals surface area contributed by atoms with Gasteiger partial charge in [-0.2, -0.15) is 0 Å². The Morgan fingerprint density at radius 1 is 1.04 bits per heavy atom. The van der Waals surface area contributed by atoms with E-state index in [2.05, 4.69) is 11.8 Å². The summed E-state index contributed by atoms with van der Waals surface area (Å²) in [7, 11) is 0. The molecule has 124 valence electrons. The van der Waals surface area contributed by atoms with Gasteiger partial charge in [0.15, 0.2) is 17.8 Å². The van der Waals surface area contributed by atoms with E-state index in [-0.39, 0.29) is 36.8 Å². The van der Waals surface area contributed by atoms with Crippen LogP contribution in [0.1, 0.15) is 43.7 Å². The zero-order valence-electron chi connectivity index (χ0n) is 13.0. The van der Waals surface area contributed by atoms with Crippen molar-refractivity contribution in [2.75, 3.05) is 0 Å². The van der Waals surface area contributed by atoms with Crippen LogP contribution in [0.4, 0.5) is 22.0 Å². The van der Waals surface area contributed by atoms with Crippen LogP contribution in [-0.2, 0) is 0 Å². The van der Waals surface area contributed by atoms with Crippen molar-refractivity contribution in [2.45, 2.75) is 51.6 Å². The zero-order chi connectivity index (χ0) is 17.0. The molecule has 0 heterocycles. The van der Waals surface area contributed by atoms with Gasteiger partial charge in [0, 0.05) is 5.41 Å². The predicted octanol–water partition coefficient (Wildman–Crippen LogP) is 5.18. The summed E-state index contributed by atoms with van der Waals surface area (Å²) in [6.07, 6.45) is -1.60. The topological polar surface area (TPSA) is 0 Å². The van der Waals surface area contributed by atoms with Crippen molar-refractivity contribution in [1.82, 2.24) is 0 Å². The van der Waals surface area contributed by atoms with E-state index in [1.54, 1.807) is 0 Å². The maximum Gasteiger partial charge on any atom is 0.285 e. The van der Waals surface area contributed by atoms with Crippen molar-refractivity contribution in [3.63, 3.8) is 0 Å². The first-order valence-corrected chi connectivity index (χ1v) is 7.63. The van der Waals surface area contributed by atoms with Gasteiger partial charge in [-0.25, -0.2) is 22.0 Å². The van der Waals surface area contributed by atoms with Crippen LogP contribution in [0.25, 0.3) is 0 Å². The number of rotatable bonds is 0. The molecule has 2 bridgehead atoms. The molecule has 5 heteroatoms. The predicted molar refractivity (Wildman–Crippen MR) is 76.8 cm³/mol. The summed E-state index contributed by atoms with van der Waals surface area (Å²) in [4.78, 5) is 0. The van der Waals surface area contributed by atoms with E-state index in [1.807, 2.05) is 0 Å². The third-order valence-corrected chi connectivity index (χ3v) is 5.58. The Kier molecular flexibility index (Phi) is 3.51. The zero-order valence-corrected chi connectivity index (χ0v) is 13.0. The van der Waals surface area contributed by atoms with E-state index in [0.29, 0.717) is 0 Å². The van der Waals surface area contributed by atoms with Gasteiger partial charge in [0.25, 0.3) is 5.92 Å². The monoisotopic (exact) mass is 328 g/mol. The van der Waals surface area contributed by atoms with Crippen LogP contribution in [0.3, 0.4) is 0 Å². The van der Waals surface area contributed by atoms with Crippen LogP contribution in [-0.4, -0.2) is 12.1 Å². The summed E-state index contributed by atoms with van der Waals surface area (Å²) < 4.78 is 70.4. The van der Waals surface area contributed by atoms with E-state index in [9.17, 15) is 22.0 Å². The SMILES string of the molecule is Cc1ccc(C#CC23CCC(C)(CC2)C(F)(F)C3F)c(F)c1F. The molecule has 23 heavy (non-hydrogen) atoms. The van der Waals surface area contributed by atoms with Gasteiger partial charge >= 0.3 is 0 Å². The molecular formula is C18H17F5. The van der Waals surface area contributed by atoms with Gasteiger partial charge < -0.3 is 0 Å². The van der Waals surface area contributed by atoms with Crippen LogP contribution < -0.4 is 0 Å². The quantitative estimate of drug-likeness (QED) is 0.455. The Labute approximate surface area is 132 Å². The summed E-state index contributed by atoms with van der Waals surface area (Å²) >= 11 is 0. The molecule has 0 aliphatic heterocycles. The van der Waals surface area contributed by atoms with Gasteiger partial charge in [-0.1, -0.05) is 24.8 Å². The summed E-state index contributed by atoms with van der Waals surface area (Å²) in [5, 5.41) is 0. The first-order chi connectivity index (χ1) is 10.6. The first-order valence-electron chi connectivity index (χ1n) is 7.63. The molecule has 1 atom stereocenters. The summed E-state index contributed by atoms with van der Waals surface area (Å²) in [6.45, 7) is 2.82. The molecule has 1 aromatic rings. The fraction of sp³-hybridized carbons (Fsp3) is 0.556. The molecule has 3 saturated carbocycles. The Bertz CT molecular complexity index is 702. The smallest absolute Gasteiger partial charge is 0.239 e. The van der Waals surface area contributed by atoms with Gasteiger partial charge in [-0.3, -0.25) is 0 Å². The lowest BCUT2D eigenvalue weighted by atomic mass is 9.51. The average Bonchev–Trinajstić information content (AvgIpc) is 2.52. The Balaban J connectivity index is 2.00. The van der Waals surface area contributed by atoms with Gasteiger partial charge in [0.1, 0.15) is 0 Å². The number of hydrogen-bond donors (Lipinski definition) is 0. The fourth-order valence-corrected chi connectivity index (χ4v) is 3.61. The number of halogens is 5. The maximum absolute atomic E-state index is 14.5. The highest BCUT2D eigenvalue weighted by Crippen LogP contribution is 2.64. The van der Waals surface area contributed by atoms with Gasteiger partial charge in [-0.15, -0.1) is 0 Å². The second kappa shape index (κ2) is 4.96. The van der Waals surface area contributed by atoms with Crippen molar-refractivity contribution in [3.05, 3.63) is 34.9 Å². The minimum Gasteiger partial charge on any atom is -0.239 e. The minimum absolute atomic E-state index is 0.132. The first kappa shape index (κ1) is 16.3. The van der Waals surface area contributed by atoms with Crippen LogP contribution in [0.5, 0.6) is 0 Å². The summed E-state index contributed by atoms with van der Waals surface area (Å²) in [6, 6.07) is 2.65. The molecule has 3 aliphatic carbocycles. The van der Waals surface area contributed by atoms with E-state index < -0.39 is 34.6 Å². The molecule has 0 radical (unpaired) electrons. The Morgan fingerprint density at radius 3 is 2.26 bits per heavy atom. The normalized spacial score (nSPS) is 34.8. The number of fused-ring (bicyclic) bond motifs is 3. The number of alkyl halides is 3. The van der Waals surface area contributed by atoms with Crippen LogP contribution >= 0.6 is 0 Å². The Morgan fingerprint density at radius 2 is 1.65 bits per heavy atom. The lowest BCUT2D eigenvalue weighted by Crippen LogP contribution is -2.62. The van der Waals surface area contributed by atoms with Crippen LogP contribution in [0, 0.1) is 41.2 Å². The lowest BCUT2D eigenvalue weighted by molar-refractivity contribution is -0.248. The number of aryl methyl sites for hydroxylation is 1. The van der Waals surface area contributed by atoms with Gasteiger partial charge in [0.2, 0.25) is 0 Å². The van der Waals surface area contributed by atoms with E-state index in [4.69, 9.17) is 0 Å².